The summed E-state index contributed by atoms with van der Waals surface area (Å²) in [6.07, 6.45) is 1.48. The number of aromatic nitrogens is 1. The van der Waals surface area contributed by atoms with E-state index in [-0.39, 0.29) is 11.8 Å². The summed E-state index contributed by atoms with van der Waals surface area (Å²) in [7, 11) is 3.47. The number of thiazole rings is 1. The van der Waals surface area contributed by atoms with Crippen LogP contribution in [0.3, 0.4) is 0 Å². The van der Waals surface area contributed by atoms with E-state index in [1.807, 2.05) is 23.3 Å². The molecule has 7 heteroatoms. The first kappa shape index (κ1) is 16.1. The van der Waals surface area contributed by atoms with Crippen LogP contribution in [0.15, 0.2) is 11.4 Å². The highest BCUT2D eigenvalue weighted by atomic mass is 32.1. The van der Waals surface area contributed by atoms with Gasteiger partial charge in [0, 0.05) is 44.9 Å². The van der Waals surface area contributed by atoms with Gasteiger partial charge in [-0.1, -0.05) is 0 Å². The molecule has 3 rings (SSSR count). The first-order chi connectivity index (χ1) is 11.0. The average Bonchev–Trinajstić information content (AvgIpc) is 3.08. The molecular formula is C16H19N3O2S2. The van der Waals surface area contributed by atoms with Gasteiger partial charge in [-0.3, -0.25) is 9.59 Å². The second-order valence-electron chi connectivity index (χ2n) is 5.87. The molecule has 1 aliphatic rings. The highest BCUT2D eigenvalue weighted by Crippen LogP contribution is 2.25. The lowest BCUT2D eigenvalue weighted by molar-refractivity contribution is 0.0766. The highest BCUT2D eigenvalue weighted by Gasteiger charge is 2.24. The molecule has 0 aliphatic carbocycles. The molecule has 2 amide bonds. The van der Waals surface area contributed by atoms with Crippen molar-refractivity contribution in [3.63, 3.8) is 0 Å². The third-order valence-corrected chi connectivity index (χ3v) is 6.00. The molecule has 0 N–H and O–H groups in total. The van der Waals surface area contributed by atoms with E-state index >= 15 is 0 Å². The molecular weight excluding hydrogens is 330 g/mol. The Kier molecular flexibility index (Phi) is 4.50. The van der Waals surface area contributed by atoms with Gasteiger partial charge in [0.1, 0.15) is 0 Å². The Hall–Kier alpha value is -1.73. The van der Waals surface area contributed by atoms with E-state index in [9.17, 15) is 9.59 Å². The fourth-order valence-electron chi connectivity index (χ4n) is 2.55. The van der Waals surface area contributed by atoms with Crippen molar-refractivity contribution < 1.29 is 9.59 Å². The van der Waals surface area contributed by atoms with E-state index in [1.54, 1.807) is 19.0 Å². The first-order valence-electron chi connectivity index (χ1n) is 7.50. The summed E-state index contributed by atoms with van der Waals surface area (Å²) in [5.74, 6) is 0.0490. The van der Waals surface area contributed by atoms with E-state index in [4.69, 9.17) is 0 Å². The number of nitrogens with zero attached hydrogens (tertiary/aromatic N) is 3. The van der Waals surface area contributed by atoms with Gasteiger partial charge < -0.3 is 9.80 Å². The van der Waals surface area contributed by atoms with E-state index in [0.717, 1.165) is 27.4 Å². The van der Waals surface area contributed by atoms with E-state index in [1.165, 1.54) is 22.7 Å². The summed E-state index contributed by atoms with van der Waals surface area (Å²) in [6, 6.07) is 1.94. The van der Waals surface area contributed by atoms with Crippen molar-refractivity contribution in [2.45, 2.75) is 19.8 Å². The van der Waals surface area contributed by atoms with Crippen LogP contribution in [0.5, 0.6) is 0 Å². The van der Waals surface area contributed by atoms with Gasteiger partial charge >= 0.3 is 0 Å². The lowest BCUT2D eigenvalue weighted by Crippen LogP contribution is -2.32. The number of hydrogen-bond acceptors (Lipinski definition) is 5. The first-order valence-corrected chi connectivity index (χ1v) is 9.20. The molecule has 5 nitrogen and oxygen atoms in total. The predicted molar refractivity (Wildman–Crippen MR) is 92.5 cm³/mol. The number of carbonyl (C=O) groups excluding carboxylic acids is 2. The predicted octanol–water partition coefficient (Wildman–Crippen LogP) is 2.46. The normalized spacial score (nSPS) is 14.3. The number of aryl methyl sites for hydroxylation is 1. The van der Waals surface area contributed by atoms with Gasteiger partial charge in [0.2, 0.25) is 0 Å². The molecule has 3 heterocycles. The molecule has 0 unspecified atom stereocenters. The van der Waals surface area contributed by atoms with Crippen LogP contribution in [0.4, 0.5) is 0 Å². The van der Waals surface area contributed by atoms with Crippen molar-refractivity contribution >= 4 is 34.5 Å². The molecule has 1 aliphatic heterocycles. The van der Waals surface area contributed by atoms with Gasteiger partial charge in [0.25, 0.3) is 11.8 Å². The maximum absolute atomic E-state index is 12.6. The zero-order chi connectivity index (χ0) is 16.6. The summed E-state index contributed by atoms with van der Waals surface area (Å²) in [4.78, 5) is 34.4. The minimum atomic E-state index is -0.0509. The van der Waals surface area contributed by atoms with E-state index in [0.29, 0.717) is 24.5 Å². The van der Waals surface area contributed by atoms with Crippen LogP contribution in [0, 0.1) is 6.92 Å². The van der Waals surface area contributed by atoms with Gasteiger partial charge in [-0.05, 0) is 23.9 Å². The quantitative estimate of drug-likeness (QED) is 0.837. The van der Waals surface area contributed by atoms with Crippen molar-refractivity contribution in [2.24, 2.45) is 0 Å². The van der Waals surface area contributed by atoms with Crippen LogP contribution in [-0.2, 0) is 12.8 Å². The lowest BCUT2D eigenvalue weighted by atomic mass is 10.2. The molecule has 0 saturated heterocycles. The average molecular weight is 349 g/mol. The van der Waals surface area contributed by atoms with Crippen LogP contribution in [0.2, 0.25) is 0 Å². The zero-order valence-corrected chi connectivity index (χ0v) is 15.1. The monoisotopic (exact) mass is 349 g/mol. The van der Waals surface area contributed by atoms with Gasteiger partial charge in [-0.2, -0.15) is 0 Å². The number of rotatable bonds is 2. The number of fused-ring (bicyclic) bond motifs is 1. The second-order valence-corrected chi connectivity index (χ2v) is 7.86. The standard InChI is InChI=1S/C16H19N3O2S2/c1-10-8-13(22-9-10)15(20)19-6-4-11-12(5-7-19)23-14(17-11)16(21)18(2)3/h8-9H,4-7H2,1-3H3. The minimum absolute atomic E-state index is 0.0509. The molecule has 0 saturated carbocycles. The van der Waals surface area contributed by atoms with Crippen LogP contribution in [0.1, 0.15) is 35.6 Å². The topological polar surface area (TPSA) is 53.5 Å². The summed E-state index contributed by atoms with van der Waals surface area (Å²) in [5.41, 5.74) is 2.10. The fourth-order valence-corrected chi connectivity index (χ4v) is 4.53. The number of hydrogen-bond donors (Lipinski definition) is 0. The Morgan fingerprint density at radius 3 is 2.65 bits per heavy atom. The zero-order valence-electron chi connectivity index (χ0n) is 13.5. The maximum Gasteiger partial charge on any atom is 0.282 e. The second kappa shape index (κ2) is 6.41. The molecule has 0 bridgehead atoms. The molecule has 0 fully saturated rings. The van der Waals surface area contributed by atoms with Crippen molar-refractivity contribution in [3.8, 4) is 0 Å². The van der Waals surface area contributed by atoms with Crippen LogP contribution in [-0.4, -0.2) is 53.8 Å². The number of thiophene rings is 1. The number of carbonyl (C=O) groups is 2. The summed E-state index contributed by atoms with van der Waals surface area (Å²) in [6.45, 7) is 3.34. The molecule has 23 heavy (non-hydrogen) atoms. The van der Waals surface area contributed by atoms with Gasteiger partial charge in [-0.15, -0.1) is 22.7 Å². The molecule has 122 valence electrons. The Morgan fingerprint density at radius 1 is 1.26 bits per heavy atom. The third-order valence-electron chi connectivity index (χ3n) is 3.82. The van der Waals surface area contributed by atoms with Crippen LogP contribution < -0.4 is 0 Å². The molecule has 2 aromatic rings. The highest BCUT2D eigenvalue weighted by molar-refractivity contribution is 7.13. The Labute approximate surface area is 143 Å². The summed E-state index contributed by atoms with van der Waals surface area (Å²) in [5, 5.41) is 2.55. The number of amides is 2. The lowest BCUT2D eigenvalue weighted by Gasteiger charge is -2.19. The molecule has 0 radical (unpaired) electrons. The maximum atomic E-state index is 12.6. The molecule has 2 aromatic heterocycles. The Bertz CT molecular complexity index is 723. The van der Waals surface area contributed by atoms with Crippen LogP contribution in [0.25, 0.3) is 0 Å². The third kappa shape index (κ3) is 3.30. The van der Waals surface area contributed by atoms with Crippen molar-refractivity contribution in [1.82, 2.24) is 14.8 Å². The SMILES string of the molecule is Cc1csc(C(=O)N2CCc3nc(C(=O)N(C)C)sc3CC2)c1. The van der Waals surface area contributed by atoms with Crippen LogP contribution >= 0.6 is 22.7 Å². The van der Waals surface area contributed by atoms with Crippen molar-refractivity contribution in [2.75, 3.05) is 27.2 Å². The van der Waals surface area contributed by atoms with Crippen molar-refractivity contribution in [1.29, 1.82) is 0 Å². The molecule has 0 spiro atoms. The smallest absolute Gasteiger partial charge is 0.282 e. The van der Waals surface area contributed by atoms with E-state index < -0.39 is 0 Å². The van der Waals surface area contributed by atoms with E-state index in [2.05, 4.69) is 4.98 Å². The van der Waals surface area contributed by atoms with Gasteiger partial charge in [0.05, 0.1) is 10.6 Å². The molecule has 0 atom stereocenters. The summed E-state index contributed by atoms with van der Waals surface area (Å²) >= 11 is 2.96. The minimum Gasteiger partial charge on any atom is -0.343 e. The molecule has 0 aromatic carbocycles. The Balaban J connectivity index is 1.72. The van der Waals surface area contributed by atoms with Gasteiger partial charge in [-0.25, -0.2) is 4.98 Å². The van der Waals surface area contributed by atoms with Gasteiger partial charge in [0.15, 0.2) is 5.01 Å². The van der Waals surface area contributed by atoms with Crippen molar-refractivity contribution in [3.05, 3.63) is 37.5 Å². The Morgan fingerprint density at radius 2 is 2.00 bits per heavy atom. The fraction of sp³-hybridized carbons (Fsp3) is 0.438. The summed E-state index contributed by atoms with van der Waals surface area (Å²) < 4.78 is 0. The largest absolute Gasteiger partial charge is 0.343 e.